The number of nitrogens with zero attached hydrogens (tertiary/aromatic N) is 3. The van der Waals surface area contributed by atoms with Crippen molar-refractivity contribution in [2.24, 2.45) is 11.8 Å². The van der Waals surface area contributed by atoms with Crippen LogP contribution in [0.4, 0.5) is 13.9 Å². The molecule has 8 heteroatoms. The van der Waals surface area contributed by atoms with Crippen LogP contribution >= 0.6 is 11.3 Å². The third kappa shape index (κ3) is 4.55. The normalized spacial score (nSPS) is 21.5. The van der Waals surface area contributed by atoms with Crippen molar-refractivity contribution in [3.63, 3.8) is 0 Å². The van der Waals surface area contributed by atoms with Crippen molar-refractivity contribution in [3.8, 4) is 0 Å². The van der Waals surface area contributed by atoms with E-state index in [0.717, 1.165) is 43.5 Å². The predicted octanol–water partition coefficient (Wildman–Crippen LogP) is 3.03. The number of anilines is 1. The summed E-state index contributed by atoms with van der Waals surface area (Å²) in [5, 5.41) is 3.11. The van der Waals surface area contributed by atoms with Crippen LogP contribution in [0.25, 0.3) is 10.2 Å². The van der Waals surface area contributed by atoms with Gasteiger partial charge in [0.15, 0.2) is 10.9 Å². The molecule has 142 valence electrons. The van der Waals surface area contributed by atoms with Crippen molar-refractivity contribution in [2.75, 3.05) is 45.6 Å². The summed E-state index contributed by atoms with van der Waals surface area (Å²) in [6, 6.07) is 2.04. The van der Waals surface area contributed by atoms with E-state index in [4.69, 9.17) is 0 Å². The molecule has 1 aliphatic rings. The van der Waals surface area contributed by atoms with E-state index in [0.29, 0.717) is 22.3 Å². The fraction of sp³-hybridized carbons (Fsp3) is 0.556. The molecular weight excluding hydrogens is 358 g/mol. The number of likely N-dealkylation sites (N-methyl/N-ethyl adjacent to an activating group) is 1. The minimum absolute atomic E-state index is 0.0938. The summed E-state index contributed by atoms with van der Waals surface area (Å²) in [6.45, 7) is 5.72. The van der Waals surface area contributed by atoms with Gasteiger partial charge < -0.3 is 15.1 Å². The van der Waals surface area contributed by atoms with Gasteiger partial charge in [0.05, 0.1) is 10.6 Å². The number of amides is 1. The summed E-state index contributed by atoms with van der Waals surface area (Å²) in [4.78, 5) is 21.2. The van der Waals surface area contributed by atoms with Gasteiger partial charge in [-0.25, -0.2) is 13.8 Å². The van der Waals surface area contributed by atoms with E-state index in [1.165, 1.54) is 6.07 Å². The zero-order valence-electron chi connectivity index (χ0n) is 15.3. The Morgan fingerprint density at radius 2 is 2.15 bits per heavy atom. The lowest BCUT2D eigenvalue weighted by Gasteiger charge is -2.36. The Labute approximate surface area is 156 Å². The van der Waals surface area contributed by atoms with Crippen LogP contribution in [-0.4, -0.2) is 61.0 Å². The summed E-state index contributed by atoms with van der Waals surface area (Å²) in [6.07, 6.45) is 0.818. The van der Waals surface area contributed by atoms with Crippen LogP contribution < -0.4 is 5.32 Å². The van der Waals surface area contributed by atoms with Crippen molar-refractivity contribution in [1.29, 1.82) is 0 Å². The highest BCUT2D eigenvalue weighted by molar-refractivity contribution is 7.22. The molecule has 0 spiro atoms. The third-order valence-electron chi connectivity index (χ3n) is 4.61. The zero-order valence-corrected chi connectivity index (χ0v) is 16.1. The number of nitrogens with one attached hydrogen (secondary N) is 1. The average molecular weight is 382 g/mol. The van der Waals surface area contributed by atoms with E-state index in [1.807, 2.05) is 14.1 Å². The van der Waals surface area contributed by atoms with Gasteiger partial charge in [0.25, 0.3) is 0 Å². The predicted molar refractivity (Wildman–Crippen MR) is 100 cm³/mol. The first-order chi connectivity index (χ1) is 12.3. The largest absolute Gasteiger partial charge is 0.308 e. The molecule has 2 heterocycles. The maximum Gasteiger partial charge on any atom is 0.230 e. The lowest BCUT2D eigenvalue weighted by Crippen LogP contribution is -2.46. The maximum atomic E-state index is 13.8. The molecule has 1 N–H and O–H groups in total. The molecule has 2 unspecified atom stereocenters. The standard InChI is InChI=1S/C18H24F2N4OS/c1-11-6-12(10-24(9-11)5-4-23(2)3)17(25)22-18-21-16-14(20)7-13(19)8-15(16)26-18/h7-8,11-12H,4-6,9-10H2,1-3H3,(H,21,22,25). The van der Waals surface area contributed by atoms with Crippen LogP contribution in [-0.2, 0) is 4.79 Å². The number of rotatable bonds is 5. The molecular formula is C18H24F2N4OS. The van der Waals surface area contributed by atoms with E-state index in [-0.39, 0.29) is 17.3 Å². The Hall–Kier alpha value is -1.64. The van der Waals surface area contributed by atoms with Crippen molar-refractivity contribution in [1.82, 2.24) is 14.8 Å². The molecule has 0 bridgehead atoms. The monoisotopic (exact) mass is 382 g/mol. The minimum atomic E-state index is -0.710. The minimum Gasteiger partial charge on any atom is -0.308 e. The van der Waals surface area contributed by atoms with E-state index in [2.05, 4.69) is 27.0 Å². The fourth-order valence-electron chi connectivity index (χ4n) is 3.39. The number of aromatic nitrogens is 1. The molecule has 1 aromatic heterocycles. The Balaban J connectivity index is 1.68. The molecule has 2 atom stereocenters. The second kappa shape index (κ2) is 7.94. The van der Waals surface area contributed by atoms with Gasteiger partial charge in [-0.3, -0.25) is 4.79 Å². The van der Waals surface area contributed by atoms with Gasteiger partial charge in [0.1, 0.15) is 11.3 Å². The van der Waals surface area contributed by atoms with E-state index in [9.17, 15) is 13.6 Å². The molecule has 1 fully saturated rings. The molecule has 0 aliphatic carbocycles. The lowest BCUT2D eigenvalue weighted by atomic mass is 9.90. The van der Waals surface area contributed by atoms with Gasteiger partial charge in [0.2, 0.25) is 5.91 Å². The highest BCUT2D eigenvalue weighted by atomic mass is 32.1. The fourth-order valence-corrected chi connectivity index (χ4v) is 4.30. The summed E-state index contributed by atoms with van der Waals surface area (Å²) >= 11 is 1.09. The summed E-state index contributed by atoms with van der Waals surface area (Å²) in [5.74, 6) is -1.16. The Morgan fingerprint density at radius 1 is 1.38 bits per heavy atom. The van der Waals surface area contributed by atoms with Crippen molar-refractivity contribution >= 4 is 32.6 Å². The molecule has 1 saturated heterocycles. The maximum absolute atomic E-state index is 13.8. The first-order valence-electron chi connectivity index (χ1n) is 8.75. The second-order valence-corrected chi connectivity index (χ2v) is 8.37. The van der Waals surface area contributed by atoms with Crippen LogP contribution in [0.1, 0.15) is 13.3 Å². The number of thiazole rings is 1. The zero-order chi connectivity index (χ0) is 18.8. The molecule has 3 rings (SSSR count). The van der Waals surface area contributed by atoms with Crippen LogP contribution in [0.2, 0.25) is 0 Å². The van der Waals surface area contributed by atoms with Crippen LogP contribution in [0.5, 0.6) is 0 Å². The summed E-state index contributed by atoms with van der Waals surface area (Å²) < 4.78 is 27.5. The number of fused-ring (bicyclic) bond motifs is 1. The number of carbonyl (C=O) groups is 1. The van der Waals surface area contributed by atoms with Crippen molar-refractivity contribution in [3.05, 3.63) is 23.8 Å². The van der Waals surface area contributed by atoms with Crippen molar-refractivity contribution < 1.29 is 13.6 Å². The van der Waals surface area contributed by atoms with Crippen LogP contribution in [0.15, 0.2) is 12.1 Å². The first-order valence-corrected chi connectivity index (χ1v) is 9.57. The SMILES string of the molecule is CC1CC(C(=O)Nc2nc3c(F)cc(F)cc3s2)CN(CCN(C)C)C1. The van der Waals surface area contributed by atoms with Gasteiger partial charge in [-0.05, 0) is 32.5 Å². The molecule has 1 aliphatic heterocycles. The number of piperidine rings is 1. The van der Waals surface area contributed by atoms with Gasteiger partial charge in [-0.1, -0.05) is 18.3 Å². The molecule has 1 amide bonds. The highest BCUT2D eigenvalue weighted by Gasteiger charge is 2.30. The van der Waals surface area contributed by atoms with Gasteiger partial charge in [-0.15, -0.1) is 0 Å². The number of likely N-dealkylation sites (tertiary alicyclic amines) is 1. The summed E-state index contributed by atoms with van der Waals surface area (Å²) in [7, 11) is 4.07. The van der Waals surface area contributed by atoms with Gasteiger partial charge in [-0.2, -0.15) is 0 Å². The average Bonchev–Trinajstić information content (AvgIpc) is 2.95. The molecule has 5 nitrogen and oxygen atoms in total. The highest BCUT2D eigenvalue weighted by Crippen LogP contribution is 2.30. The van der Waals surface area contributed by atoms with E-state index < -0.39 is 11.6 Å². The molecule has 0 radical (unpaired) electrons. The third-order valence-corrected chi connectivity index (χ3v) is 5.53. The van der Waals surface area contributed by atoms with Gasteiger partial charge >= 0.3 is 0 Å². The first kappa shape index (κ1) is 19.1. The number of carbonyl (C=O) groups excluding carboxylic acids is 1. The molecule has 1 aromatic carbocycles. The molecule has 26 heavy (non-hydrogen) atoms. The molecule has 0 saturated carbocycles. The lowest BCUT2D eigenvalue weighted by molar-refractivity contribution is -0.122. The topological polar surface area (TPSA) is 48.5 Å². The smallest absolute Gasteiger partial charge is 0.230 e. The quantitative estimate of drug-likeness (QED) is 0.864. The second-order valence-electron chi connectivity index (χ2n) is 7.34. The number of hydrogen-bond acceptors (Lipinski definition) is 5. The number of halogens is 2. The van der Waals surface area contributed by atoms with Crippen molar-refractivity contribution in [2.45, 2.75) is 13.3 Å². The van der Waals surface area contributed by atoms with Crippen LogP contribution in [0.3, 0.4) is 0 Å². The van der Waals surface area contributed by atoms with Crippen LogP contribution in [0, 0.1) is 23.5 Å². The molecule has 2 aromatic rings. The van der Waals surface area contributed by atoms with E-state index in [1.54, 1.807) is 0 Å². The Morgan fingerprint density at radius 3 is 2.88 bits per heavy atom. The number of hydrogen-bond donors (Lipinski definition) is 1. The summed E-state index contributed by atoms with van der Waals surface area (Å²) in [5.41, 5.74) is 0.0938. The number of benzene rings is 1. The van der Waals surface area contributed by atoms with Gasteiger partial charge in [0, 0.05) is 32.2 Å². The van der Waals surface area contributed by atoms with E-state index >= 15 is 0 Å². The Kier molecular flexibility index (Phi) is 5.84. The Bertz CT molecular complexity index is 795.